The molecule has 0 radical (unpaired) electrons. The maximum Gasteiger partial charge on any atom is 0.247 e. The number of hydrogen-bond donors (Lipinski definition) is 0. The fraction of sp³-hybridized carbons (Fsp3) is 0.208. The molecular weight excluding hydrogens is 527 g/mol. The highest BCUT2D eigenvalue weighted by Gasteiger charge is 2.42. The molecule has 5 rings (SSSR count). The topological polar surface area (TPSA) is 83.5 Å². The Kier molecular flexibility index (Phi) is 6.78. The Labute approximate surface area is 217 Å². The predicted octanol–water partition coefficient (Wildman–Crippen LogP) is 5.38. The summed E-state index contributed by atoms with van der Waals surface area (Å²) in [6.45, 7) is 0.423. The van der Waals surface area contributed by atoms with Crippen molar-refractivity contribution in [3.05, 3.63) is 82.6 Å². The van der Waals surface area contributed by atoms with E-state index < -0.39 is 16.1 Å². The summed E-state index contributed by atoms with van der Waals surface area (Å²) in [7, 11) is -3.89. The Morgan fingerprint density at radius 1 is 1.09 bits per heavy atom. The number of nitrogens with zero attached hydrogens (tertiary/aromatic N) is 4. The van der Waals surface area contributed by atoms with E-state index in [9.17, 15) is 13.2 Å². The number of carbonyl (C=O) groups is 1. The van der Waals surface area contributed by atoms with Crippen molar-refractivity contribution in [2.45, 2.75) is 30.3 Å². The summed E-state index contributed by atoms with van der Waals surface area (Å²) < 4.78 is 29.0. The standard InChI is InChI=1S/C24H20Cl2N4O3S2/c25-16-6-9-19(10-7-16)35(32,33)30-13-3-5-21(30)23(31)29(15-18-4-1-2-12-27-18)24-28-20-11-8-17(26)14-22(20)34-24/h1-2,4,6-12,14,21H,3,5,13,15H2. The van der Waals surface area contributed by atoms with Gasteiger partial charge in [0.25, 0.3) is 0 Å². The zero-order chi connectivity index (χ0) is 24.6. The van der Waals surface area contributed by atoms with Gasteiger partial charge in [-0.05, 0) is 67.4 Å². The molecule has 180 valence electrons. The Balaban J connectivity index is 1.52. The summed E-state index contributed by atoms with van der Waals surface area (Å²) in [5.41, 5.74) is 1.38. The third-order valence-corrected chi connectivity index (χ3v) is 9.24. The van der Waals surface area contributed by atoms with Crippen molar-refractivity contribution in [1.82, 2.24) is 14.3 Å². The van der Waals surface area contributed by atoms with E-state index in [0.29, 0.717) is 39.2 Å². The Morgan fingerprint density at radius 3 is 2.60 bits per heavy atom. The van der Waals surface area contributed by atoms with Gasteiger partial charge in [-0.25, -0.2) is 13.4 Å². The first-order chi connectivity index (χ1) is 16.8. The van der Waals surface area contributed by atoms with Crippen LogP contribution in [-0.4, -0.2) is 41.2 Å². The maximum atomic E-state index is 13.9. The lowest BCUT2D eigenvalue weighted by atomic mass is 10.2. The van der Waals surface area contributed by atoms with E-state index in [2.05, 4.69) is 9.97 Å². The van der Waals surface area contributed by atoms with Gasteiger partial charge in [-0.2, -0.15) is 4.31 Å². The number of sulfonamides is 1. The third-order valence-electron chi connectivity index (χ3n) is 5.79. The molecule has 0 spiro atoms. The number of aromatic nitrogens is 2. The molecule has 0 N–H and O–H groups in total. The number of hydrogen-bond acceptors (Lipinski definition) is 6. The number of pyridine rings is 1. The minimum atomic E-state index is -3.89. The van der Waals surface area contributed by atoms with E-state index in [4.69, 9.17) is 23.2 Å². The van der Waals surface area contributed by atoms with Crippen molar-refractivity contribution in [2.75, 3.05) is 11.4 Å². The molecule has 1 atom stereocenters. The number of halogens is 2. The van der Waals surface area contributed by atoms with Crippen LogP contribution in [0.25, 0.3) is 10.2 Å². The van der Waals surface area contributed by atoms with Crippen LogP contribution in [0.1, 0.15) is 18.5 Å². The summed E-state index contributed by atoms with van der Waals surface area (Å²) in [4.78, 5) is 24.6. The van der Waals surface area contributed by atoms with E-state index in [0.717, 1.165) is 4.70 Å². The molecule has 7 nitrogen and oxygen atoms in total. The summed E-state index contributed by atoms with van der Waals surface area (Å²) in [5, 5.41) is 1.48. The van der Waals surface area contributed by atoms with Crippen LogP contribution < -0.4 is 4.90 Å². The third kappa shape index (κ3) is 4.92. The van der Waals surface area contributed by atoms with Crippen molar-refractivity contribution in [1.29, 1.82) is 0 Å². The normalized spacial score (nSPS) is 16.6. The lowest BCUT2D eigenvalue weighted by Gasteiger charge is -2.28. The van der Waals surface area contributed by atoms with Gasteiger partial charge < -0.3 is 0 Å². The molecule has 0 bridgehead atoms. The molecular formula is C24H20Cl2N4O3S2. The Hall–Kier alpha value is -2.56. The highest BCUT2D eigenvalue weighted by Crippen LogP contribution is 2.34. The summed E-state index contributed by atoms with van der Waals surface area (Å²) >= 11 is 13.4. The van der Waals surface area contributed by atoms with E-state index in [1.165, 1.54) is 44.8 Å². The molecule has 11 heteroatoms. The van der Waals surface area contributed by atoms with Gasteiger partial charge in [0, 0.05) is 22.8 Å². The number of amides is 1. The second-order valence-electron chi connectivity index (χ2n) is 8.08. The van der Waals surface area contributed by atoms with Crippen molar-refractivity contribution < 1.29 is 13.2 Å². The lowest BCUT2D eigenvalue weighted by molar-refractivity contribution is -0.121. The first-order valence-electron chi connectivity index (χ1n) is 10.9. The van der Waals surface area contributed by atoms with Gasteiger partial charge in [0.15, 0.2) is 5.13 Å². The fourth-order valence-electron chi connectivity index (χ4n) is 4.09. The highest BCUT2D eigenvalue weighted by atomic mass is 35.5. The molecule has 1 aliphatic heterocycles. The van der Waals surface area contributed by atoms with E-state index in [-0.39, 0.29) is 23.9 Å². The highest BCUT2D eigenvalue weighted by molar-refractivity contribution is 7.89. The van der Waals surface area contributed by atoms with Crippen LogP contribution in [0.3, 0.4) is 0 Å². The first kappa shape index (κ1) is 24.1. The number of fused-ring (bicyclic) bond motifs is 1. The second kappa shape index (κ2) is 9.83. The smallest absolute Gasteiger partial charge is 0.247 e. The average Bonchev–Trinajstić information content (AvgIpc) is 3.50. The van der Waals surface area contributed by atoms with Crippen LogP contribution in [-0.2, 0) is 21.4 Å². The van der Waals surface area contributed by atoms with E-state index in [1.54, 1.807) is 30.5 Å². The molecule has 2 aromatic heterocycles. The minimum absolute atomic E-state index is 0.104. The monoisotopic (exact) mass is 546 g/mol. The van der Waals surface area contributed by atoms with Crippen LogP contribution in [0.5, 0.6) is 0 Å². The van der Waals surface area contributed by atoms with Gasteiger partial charge in [0.05, 0.1) is 27.4 Å². The zero-order valence-corrected chi connectivity index (χ0v) is 21.5. The van der Waals surface area contributed by atoms with Crippen LogP contribution in [0, 0.1) is 0 Å². The first-order valence-corrected chi connectivity index (χ1v) is 13.9. The Bertz CT molecular complexity index is 1480. The molecule has 1 saturated heterocycles. The quantitative estimate of drug-likeness (QED) is 0.324. The minimum Gasteiger partial charge on any atom is -0.281 e. The van der Waals surface area contributed by atoms with E-state index in [1.807, 2.05) is 12.1 Å². The molecule has 0 aliphatic carbocycles. The summed E-state index contributed by atoms with van der Waals surface area (Å²) in [5.74, 6) is -0.337. The molecule has 35 heavy (non-hydrogen) atoms. The lowest BCUT2D eigenvalue weighted by Crippen LogP contribution is -2.47. The molecule has 0 saturated carbocycles. The van der Waals surface area contributed by atoms with Gasteiger partial charge in [0.1, 0.15) is 6.04 Å². The number of thiazole rings is 1. The van der Waals surface area contributed by atoms with Crippen molar-refractivity contribution in [3.8, 4) is 0 Å². The van der Waals surface area contributed by atoms with Crippen LogP contribution in [0.4, 0.5) is 5.13 Å². The molecule has 4 aromatic rings. The van der Waals surface area contributed by atoms with Crippen molar-refractivity contribution >= 4 is 65.8 Å². The number of anilines is 1. The molecule has 1 amide bonds. The van der Waals surface area contributed by atoms with Crippen LogP contribution in [0.2, 0.25) is 10.0 Å². The summed E-state index contributed by atoms with van der Waals surface area (Å²) in [6.07, 6.45) is 2.65. The second-order valence-corrected chi connectivity index (χ2v) is 11.9. The van der Waals surface area contributed by atoms with Crippen LogP contribution in [0.15, 0.2) is 71.8 Å². The Morgan fingerprint density at radius 2 is 1.86 bits per heavy atom. The maximum absolute atomic E-state index is 13.9. The largest absolute Gasteiger partial charge is 0.281 e. The number of carbonyl (C=O) groups excluding carboxylic acids is 1. The van der Waals surface area contributed by atoms with Crippen molar-refractivity contribution in [2.24, 2.45) is 0 Å². The van der Waals surface area contributed by atoms with Crippen molar-refractivity contribution in [3.63, 3.8) is 0 Å². The zero-order valence-electron chi connectivity index (χ0n) is 18.3. The SMILES string of the molecule is O=C(C1CCCN1S(=O)(=O)c1ccc(Cl)cc1)N(Cc1ccccn1)c1nc2ccc(Cl)cc2s1. The van der Waals surface area contributed by atoms with Gasteiger partial charge >= 0.3 is 0 Å². The molecule has 1 aliphatic rings. The van der Waals surface area contributed by atoms with Gasteiger partial charge in [-0.15, -0.1) is 0 Å². The summed E-state index contributed by atoms with van der Waals surface area (Å²) in [6, 6.07) is 15.9. The molecule has 3 heterocycles. The van der Waals surface area contributed by atoms with Gasteiger partial charge in [-0.1, -0.05) is 40.6 Å². The number of rotatable bonds is 6. The van der Waals surface area contributed by atoms with Crippen LogP contribution >= 0.6 is 34.5 Å². The molecule has 1 unspecified atom stereocenters. The molecule has 2 aromatic carbocycles. The average molecular weight is 547 g/mol. The van der Waals surface area contributed by atoms with Gasteiger partial charge in [-0.3, -0.25) is 14.7 Å². The fourth-order valence-corrected chi connectivity index (χ4v) is 7.11. The van der Waals surface area contributed by atoms with E-state index >= 15 is 0 Å². The number of benzene rings is 2. The van der Waals surface area contributed by atoms with Gasteiger partial charge in [0.2, 0.25) is 15.9 Å². The predicted molar refractivity (Wildman–Crippen MR) is 138 cm³/mol. The molecule has 1 fully saturated rings.